The van der Waals surface area contributed by atoms with E-state index in [1.54, 1.807) is 24.3 Å². The van der Waals surface area contributed by atoms with Crippen LogP contribution < -0.4 is 4.90 Å². The third kappa shape index (κ3) is 5.37. The lowest BCUT2D eigenvalue weighted by Gasteiger charge is -2.21. The molecule has 2 rings (SSSR count). The molecule has 0 fully saturated rings. The molecule has 0 radical (unpaired) electrons. The van der Waals surface area contributed by atoms with Crippen molar-refractivity contribution in [2.24, 2.45) is 0 Å². The summed E-state index contributed by atoms with van der Waals surface area (Å²) in [7, 11) is 0. The molecule has 120 valence electrons. The van der Waals surface area contributed by atoms with Gasteiger partial charge in [-0.3, -0.25) is 9.69 Å². The molecular formula is C17H15BrClNO3. The molecule has 0 aliphatic heterocycles. The topological polar surface area (TPSA) is 46.6 Å². The Morgan fingerprint density at radius 3 is 2.48 bits per heavy atom. The number of halogens is 2. The van der Waals surface area contributed by atoms with E-state index < -0.39 is 6.09 Å². The standard InChI is InChI=1S/C17H15BrClNO3/c18-10-16(21)11-20(15-8-4-7-14(19)9-15)17(22)23-12-13-5-2-1-3-6-13/h1-9H,10-12H2. The molecule has 0 N–H and O–H groups in total. The number of hydrogen-bond donors (Lipinski definition) is 0. The average Bonchev–Trinajstić information content (AvgIpc) is 2.58. The minimum Gasteiger partial charge on any atom is -0.444 e. The molecule has 0 saturated heterocycles. The number of alkyl halides is 1. The number of hydrogen-bond acceptors (Lipinski definition) is 3. The number of benzene rings is 2. The second kappa shape index (κ2) is 8.70. The Hall–Kier alpha value is -1.85. The Labute approximate surface area is 148 Å². The number of carbonyl (C=O) groups is 2. The van der Waals surface area contributed by atoms with Crippen LogP contribution in [0, 0.1) is 0 Å². The Morgan fingerprint density at radius 1 is 1.09 bits per heavy atom. The van der Waals surface area contributed by atoms with E-state index in [1.807, 2.05) is 30.3 Å². The van der Waals surface area contributed by atoms with Gasteiger partial charge >= 0.3 is 6.09 Å². The van der Waals surface area contributed by atoms with Gasteiger partial charge in [-0.05, 0) is 23.8 Å². The molecule has 2 aromatic carbocycles. The molecule has 2 aromatic rings. The quantitative estimate of drug-likeness (QED) is 0.678. The predicted octanol–water partition coefficient (Wildman–Crippen LogP) is 4.45. The normalized spacial score (nSPS) is 10.2. The van der Waals surface area contributed by atoms with E-state index in [9.17, 15) is 9.59 Å². The number of carbonyl (C=O) groups excluding carboxylic acids is 2. The van der Waals surface area contributed by atoms with Gasteiger partial charge in [0.1, 0.15) is 6.61 Å². The predicted molar refractivity (Wildman–Crippen MR) is 94.2 cm³/mol. The summed E-state index contributed by atoms with van der Waals surface area (Å²) in [6.07, 6.45) is -0.592. The zero-order valence-electron chi connectivity index (χ0n) is 12.2. The van der Waals surface area contributed by atoms with Crippen LogP contribution in [-0.4, -0.2) is 23.8 Å². The van der Waals surface area contributed by atoms with Gasteiger partial charge in [0.15, 0.2) is 5.78 Å². The molecule has 0 spiro atoms. The van der Waals surface area contributed by atoms with Crippen LogP contribution in [0.25, 0.3) is 0 Å². The van der Waals surface area contributed by atoms with Gasteiger partial charge < -0.3 is 4.74 Å². The number of ketones is 1. The molecule has 4 nitrogen and oxygen atoms in total. The van der Waals surface area contributed by atoms with Gasteiger partial charge in [-0.1, -0.05) is 63.9 Å². The summed E-state index contributed by atoms with van der Waals surface area (Å²) < 4.78 is 5.31. The number of ether oxygens (including phenoxy) is 1. The van der Waals surface area contributed by atoms with E-state index in [0.717, 1.165) is 5.56 Å². The van der Waals surface area contributed by atoms with Crippen molar-refractivity contribution in [3.63, 3.8) is 0 Å². The van der Waals surface area contributed by atoms with Crippen molar-refractivity contribution in [1.29, 1.82) is 0 Å². The van der Waals surface area contributed by atoms with Crippen molar-refractivity contribution in [2.45, 2.75) is 6.61 Å². The molecule has 0 heterocycles. The van der Waals surface area contributed by atoms with E-state index in [0.29, 0.717) is 10.7 Å². The number of amides is 1. The fourth-order valence-corrected chi connectivity index (χ4v) is 2.28. The SMILES string of the molecule is O=C(CBr)CN(C(=O)OCc1ccccc1)c1cccc(Cl)c1. The molecule has 0 unspecified atom stereocenters. The Morgan fingerprint density at radius 2 is 1.83 bits per heavy atom. The third-order valence-corrected chi connectivity index (χ3v) is 3.89. The van der Waals surface area contributed by atoms with Crippen molar-refractivity contribution in [3.8, 4) is 0 Å². The van der Waals surface area contributed by atoms with Gasteiger partial charge in [0.05, 0.1) is 11.9 Å². The Bertz CT molecular complexity index is 679. The van der Waals surface area contributed by atoms with Crippen LogP contribution in [-0.2, 0) is 16.1 Å². The Balaban J connectivity index is 2.12. The van der Waals surface area contributed by atoms with E-state index in [1.165, 1.54) is 4.90 Å². The maximum atomic E-state index is 12.4. The molecule has 0 aliphatic rings. The number of Topliss-reactive ketones (excluding diaryl/α,β-unsaturated/α-hetero) is 1. The molecule has 0 aromatic heterocycles. The number of rotatable bonds is 6. The molecule has 0 bridgehead atoms. The number of anilines is 1. The second-order valence-electron chi connectivity index (χ2n) is 4.78. The zero-order chi connectivity index (χ0) is 16.7. The van der Waals surface area contributed by atoms with Crippen molar-refractivity contribution >= 4 is 45.1 Å². The van der Waals surface area contributed by atoms with Crippen LogP contribution in [0.1, 0.15) is 5.56 Å². The van der Waals surface area contributed by atoms with E-state index in [4.69, 9.17) is 16.3 Å². The maximum Gasteiger partial charge on any atom is 0.415 e. The van der Waals surface area contributed by atoms with Gasteiger partial charge in [-0.15, -0.1) is 0 Å². The number of nitrogens with zero attached hydrogens (tertiary/aromatic N) is 1. The average molecular weight is 397 g/mol. The molecule has 0 saturated carbocycles. The summed E-state index contributed by atoms with van der Waals surface area (Å²) in [4.78, 5) is 25.4. The first-order valence-corrected chi connectivity index (χ1v) is 8.41. The molecular weight excluding hydrogens is 382 g/mol. The van der Waals surface area contributed by atoms with Crippen LogP contribution in [0.5, 0.6) is 0 Å². The summed E-state index contributed by atoms with van der Waals surface area (Å²) in [5.74, 6) is -0.137. The van der Waals surface area contributed by atoms with Gasteiger partial charge in [0, 0.05) is 10.7 Å². The highest BCUT2D eigenvalue weighted by molar-refractivity contribution is 9.09. The van der Waals surface area contributed by atoms with Crippen LogP contribution in [0.2, 0.25) is 5.02 Å². The van der Waals surface area contributed by atoms with Crippen molar-refractivity contribution in [1.82, 2.24) is 0 Å². The first-order valence-electron chi connectivity index (χ1n) is 6.91. The third-order valence-electron chi connectivity index (χ3n) is 3.03. The van der Waals surface area contributed by atoms with Crippen LogP contribution in [0.15, 0.2) is 54.6 Å². The van der Waals surface area contributed by atoms with E-state index in [2.05, 4.69) is 15.9 Å². The minimum absolute atomic E-state index is 0.0841. The highest BCUT2D eigenvalue weighted by atomic mass is 79.9. The molecule has 0 aliphatic carbocycles. The lowest BCUT2D eigenvalue weighted by atomic mass is 10.2. The first kappa shape index (κ1) is 17.5. The van der Waals surface area contributed by atoms with Gasteiger partial charge in [-0.25, -0.2) is 4.79 Å². The van der Waals surface area contributed by atoms with Gasteiger partial charge in [0.25, 0.3) is 0 Å². The lowest BCUT2D eigenvalue weighted by molar-refractivity contribution is -0.115. The van der Waals surface area contributed by atoms with Crippen LogP contribution >= 0.6 is 27.5 Å². The van der Waals surface area contributed by atoms with Gasteiger partial charge in [-0.2, -0.15) is 0 Å². The van der Waals surface area contributed by atoms with Crippen molar-refractivity contribution in [2.75, 3.05) is 16.8 Å². The Kier molecular flexibility index (Phi) is 6.62. The molecule has 23 heavy (non-hydrogen) atoms. The van der Waals surface area contributed by atoms with Crippen LogP contribution in [0.4, 0.5) is 10.5 Å². The summed E-state index contributed by atoms with van der Waals surface area (Å²) in [6.45, 7) is 0.0540. The summed E-state index contributed by atoms with van der Waals surface area (Å²) in [6, 6.07) is 16.1. The highest BCUT2D eigenvalue weighted by Gasteiger charge is 2.20. The zero-order valence-corrected chi connectivity index (χ0v) is 14.6. The second-order valence-corrected chi connectivity index (χ2v) is 5.78. The maximum absolute atomic E-state index is 12.4. The van der Waals surface area contributed by atoms with E-state index in [-0.39, 0.29) is 24.3 Å². The summed E-state index contributed by atoms with van der Waals surface area (Å²) in [5, 5.41) is 0.644. The summed E-state index contributed by atoms with van der Waals surface area (Å²) >= 11 is 9.06. The fourth-order valence-electron chi connectivity index (χ4n) is 1.92. The lowest BCUT2D eigenvalue weighted by Crippen LogP contribution is -2.36. The van der Waals surface area contributed by atoms with Crippen molar-refractivity contribution < 1.29 is 14.3 Å². The molecule has 6 heteroatoms. The smallest absolute Gasteiger partial charge is 0.415 e. The molecule has 1 amide bonds. The molecule has 0 atom stereocenters. The minimum atomic E-state index is -0.592. The van der Waals surface area contributed by atoms with E-state index >= 15 is 0 Å². The highest BCUT2D eigenvalue weighted by Crippen LogP contribution is 2.20. The van der Waals surface area contributed by atoms with Gasteiger partial charge in [0.2, 0.25) is 0 Å². The first-order chi connectivity index (χ1) is 11.1. The van der Waals surface area contributed by atoms with Crippen molar-refractivity contribution in [3.05, 3.63) is 65.2 Å². The summed E-state index contributed by atoms with van der Waals surface area (Å²) in [5.41, 5.74) is 1.39. The van der Waals surface area contributed by atoms with Crippen LogP contribution in [0.3, 0.4) is 0 Å². The fraction of sp³-hybridized carbons (Fsp3) is 0.176. The largest absolute Gasteiger partial charge is 0.444 e. The monoisotopic (exact) mass is 395 g/mol.